The molecule has 0 spiro atoms. The minimum absolute atomic E-state index is 0.0275. The second-order valence-electron chi connectivity index (χ2n) is 6.38. The number of anilines is 1. The van der Waals surface area contributed by atoms with Crippen LogP contribution in [0.5, 0.6) is 5.75 Å². The van der Waals surface area contributed by atoms with Crippen LogP contribution in [0, 0.1) is 5.41 Å². The molecule has 2 aliphatic rings. The molecule has 1 saturated heterocycles. The summed E-state index contributed by atoms with van der Waals surface area (Å²) in [6.07, 6.45) is 1.27. The van der Waals surface area contributed by atoms with Crippen LogP contribution in [-0.4, -0.2) is 38.2 Å². The lowest BCUT2D eigenvalue weighted by Gasteiger charge is -2.35. The number of hydrogen-bond donors (Lipinski definition) is 3. The highest BCUT2D eigenvalue weighted by molar-refractivity contribution is 5.95. The average molecular weight is 333 g/mol. The first kappa shape index (κ1) is 16.7. The Labute approximate surface area is 140 Å². The van der Waals surface area contributed by atoms with E-state index in [0.717, 1.165) is 5.56 Å². The molecule has 0 aliphatic carbocycles. The van der Waals surface area contributed by atoms with Gasteiger partial charge in [-0.05, 0) is 37.5 Å². The van der Waals surface area contributed by atoms with Gasteiger partial charge in [-0.25, -0.2) is 0 Å². The van der Waals surface area contributed by atoms with E-state index in [1.165, 1.54) is 0 Å². The van der Waals surface area contributed by atoms with Crippen LogP contribution in [0.1, 0.15) is 31.4 Å². The summed E-state index contributed by atoms with van der Waals surface area (Å²) in [5.41, 5.74) is 6.85. The fourth-order valence-electron chi connectivity index (χ4n) is 3.09. The van der Waals surface area contributed by atoms with Crippen molar-refractivity contribution in [2.45, 2.75) is 25.8 Å². The zero-order valence-electron chi connectivity index (χ0n) is 13.8. The predicted octanol–water partition coefficient (Wildman–Crippen LogP) is 0.950. The van der Waals surface area contributed by atoms with E-state index in [2.05, 4.69) is 10.6 Å². The number of ether oxygens (including phenoxy) is 2. The summed E-state index contributed by atoms with van der Waals surface area (Å²) in [7, 11) is 0. The van der Waals surface area contributed by atoms with Gasteiger partial charge in [0, 0.05) is 19.8 Å². The molecule has 2 amide bonds. The Morgan fingerprint density at radius 3 is 2.88 bits per heavy atom. The molecule has 0 bridgehead atoms. The molecule has 24 heavy (non-hydrogen) atoms. The van der Waals surface area contributed by atoms with E-state index in [1.807, 2.05) is 19.1 Å². The van der Waals surface area contributed by atoms with E-state index >= 15 is 0 Å². The van der Waals surface area contributed by atoms with Gasteiger partial charge >= 0.3 is 0 Å². The van der Waals surface area contributed by atoms with Gasteiger partial charge < -0.3 is 25.8 Å². The van der Waals surface area contributed by atoms with Gasteiger partial charge in [0.15, 0.2) is 6.61 Å². The molecule has 1 fully saturated rings. The van der Waals surface area contributed by atoms with Crippen molar-refractivity contribution in [3.05, 3.63) is 23.8 Å². The van der Waals surface area contributed by atoms with Gasteiger partial charge in [0.25, 0.3) is 5.91 Å². The number of nitrogens with two attached hydrogens (primary N) is 1. The van der Waals surface area contributed by atoms with Crippen molar-refractivity contribution < 1.29 is 19.1 Å². The quantitative estimate of drug-likeness (QED) is 0.761. The number of fused-ring (bicyclic) bond motifs is 1. The van der Waals surface area contributed by atoms with Crippen molar-refractivity contribution in [1.29, 1.82) is 0 Å². The number of benzene rings is 1. The van der Waals surface area contributed by atoms with Gasteiger partial charge in [0.2, 0.25) is 5.91 Å². The van der Waals surface area contributed by atoms with E-state index in [1.54, 1.807) is 6.07 Å². The molecule has 1 aromatic carbocycles. The molecule has 0 saturated carbocycles. The highest BCUT2D eigenvalue weighted by Gasteiger charge is 2.39. The van der Waals surface area contributed by atoms with Crippen LogP contribution in [-0.2, 0) is 14.3 Å². The second kappa shape index (κ2) is 6.78. The van der Waals surface area contributed by atoms with Crippen molar-refractivity contribution in [1.82, 2.24) is 5.32 Å². The molecular weight excluding hydrogens is 310 g/mol. The van der Waals surface area contributed by atoms with Crippen molar-refractivity contribution in [3.63, 3.8) is 0 Å². The van der Waals surface area contributed by atoms with Crippen LogP contribution in [0.3, 0.4) is 0 Å². The molecule has 2 heterocycles. The summed E-state index contributed by atoms with van der Waals surface area (Å²) in [6.45, 7) is 3.36. The molecule has 7 nitrogen and oxygen atoms in total. The summed E-state index contributed by atoms with van der Waals surface area (Å²) in [6, 6.07) is 5.32. The largest absolute Gasteiger partial charge is 0.482 e. The Kier molecular flexibility index (Phi) is 4.73. The van der Waals surface area contributed by atoms with Crippen LogP contribution in [0.15, 0.2) is 18.2 Å². The molecule has 2 aliphatic heterocycles. The van der Waals surface area contributed by atoms with Crippen molar-refractivity contribution >= 4 is 17.5 Å². The van der Waals surface area contributed by atoms with Crippen molar-refractivity contribution in [2.24, 2.45) is 11.1 Å². The normalized spacial score (nSPS) is 20.3. The molecule has 1 atom stereocenters. The Morgan fingerprint density at radius 1 is 1.42 bits per heavy atom. The van der Waals surface area contributed by atoms with Gasteiger partial charge in [-0.1, -0.05) is 6.07 Å². The fourth-order valence-corrected chi connectivity index (χ4v) is 3.09. The smallest absolute Gasteiger partial charge is 0.262 e. The van der Waals surface area contributed by atoms with Gasteiger partial charge in [-0.3, -0.25) is 9.59 Å². The van der Waals surface area contributed by atoms with Crippen LogP contribution < -0.4 is 21.1 Å². The molecule has 130 valence electrons. The van der Waals surface area contributed by atoms with Crippen molar-refractivity contribution in [2.75, 3.05) is 31.7 Å². The van der Waals surface area contributed by atoms with Crippen LogP contribution in [0.4, 0.5) is 5.69 Å². The van der Waals surface area contributed by atoms with E-state index in [9.17, 15) is 9.59 Å². The van der Waals surface area contributed by atoms with E-state index < -0.39 is 5.41 Å². The third-order valence-electron chi connectivity index (χ3n) is 4.81. The number of carbonyl (C=O) groups is 2. The number of amides is 2. The summed E-state index contributed by atoms with van der Waals surface area (Å²) >= 11 is 0. The first-order valence-corrected chi connectivity index (χ1v) is 8.19. The zero-order chi connectivity index (χ0) is 17.2. The molecule has 1 aromatic rings. The number of hydrogen-bond acceptors (Lipinski definition) is 5. The number of nitrogens with one attached hydrogen (secondary N) is 2. The molecule has 3 rings (SSSR count). The Morgan fingerprint density at radius 2 is 2.17 bits per heavy atom. The molecule has 0 radical (unpaired) electrons. The lowest BCUT2D eigenvalue weighted by atomic mass is 9.79. The van der Waals surface area contributed by atoms with Gasteiger partial charge in [0.1, 0.15) is 5.75 Å². The van der Waals surface area contributed by atoms with E-state index in [0.29, 0.717) is 44.0 Å². The lowest BCUT2D eigenvalue weighted by molar-refractivity contribution is -0.136. The first-order chi connectivity index (χ1) is 11.5. The Balaban J connectivity index is 1.72. The molecule has 0 aromatic heterocycles. The Hall–Kier alpha value is -2.12. The predicted molar refractivity (Wildman–Crippen MR) is 88.7 cm³/mol. The van der Waals surface area contributed by atoms with E-state index in [4.69, 9.17) is 15.2 Å². The minimum atomic E-state index is -0.557. The van der Waals surface area contributed by atoms with Gasteiger partial charge in [-0.15, -0.1) is 0 Å². The van der Waals surface area contributed by atoms with Crippen LogP contribution in [0.25, 0.3) is 0 Å². The van der Waals surface area contributed by atoms with Gasteiger partial charge in [0.05, 0.1) is 17.1 Å². The van der Waals surface area contributed by atoms with Crippen molar-refractivity contribution in [3.8, 4) is 5.75 Å². The fraction of sp³-hybridized carbons (Fsp3) is 0.529. The lowest BCUT2D eigenvalue weighted by Crippen LogP contribution is -2.49. The molecule has 7 heteroatoms. The molecule has 1 unspecified atom stereocenters. The zero-order valence-corrected chi connectivity index (χ0v) is 13.8. The van der Waals surface area contributed by atoms with Crippen LogP contribution in [0.2, 0.25) is 0 Å². The standard InChI is InChI=1S/C17H23N3O4/c1-11(19-16(22)17(10-18)4-6-23-7-5-17)12-2-3-14-13(8-12)20-15(21)9-24-14/h2-3,8,11H,4-7,9-10,18H2,1H3,(H,19,22)(H,20,21). The summed E-state index contributed by atoms with van der Waals surface area (Å²) < 4.78 is 10.7. The van der Waals surface area contributed by atoms with Gasteiger partial charge in [-0.2, -0.15) is 0 Å². The summed E-state index contributed by atoms with van der Waals surface area (Å²) in [5.74, 6) is 0.416. The first-order valence-electron chi connectivity index (χ1n) is 8.19. The maximum Gasteiger partial charge on any atom is 0.262 e. The maximum atomic E-state index is 12.7. The summed E-state index contributed by atoms with van der Waals surface area (Å²) in [5, 5.41) is 5.82. The van der Waals surface area contributed by atoms with Crippen LogP contribution >= 0.6 is 0 Å². The third-order valence-corrected chi connectivity index (χ3v) is 4.81. The monoisotopic (exact) mass is 333 g/mol. The number of carbonyl (C=O) groups excluding carboxylic acids is 2. The average Bonchev–Trinajstić information content (AvgIpc) is 2.61. The summed E-state index contributed by atoms with van der Waals surface area (Å²) in [4.78, 5) is 24.2. The maximum absolute atomic E-state index is 12.7. The third kappa shape index (κ3) is 3.22. The minimum Gasteiger partial charge on any atom is -0.482 e. The topological polar surface area (TPSA) is 103 Å². The van der Waals surface area contributed by atoms with E-state index in [-0.39, 0.29) is 24.5 Å². The SMILES string of the molecule is CC(NC(=O)C1(CN)CCOCC1)c1ccc2c(c1)NC(=O)CO2. The Bertz CT molecular complexity index is 641. The molecular formula is C17H23N3O4. The number of rotatable bonds is 4. The highest BCUT2D eigenvalue weighted by atomic mass is 16.5. The molecule has 4 N–H and O–H groups in total. The second-order valence-corrected chi connectivity index (χ2v) is 6.38. The highest BCUT2D eigenvalue weighted by Crippen LogP contribution is 2.33.